The fourth-order valence-electron chi connectivity index (χ4n) is 1.48. The van der Waals surface area contributed by atoms with E-state index < -0.39 is 0 Å². The van der Waals surface area contributed by atoms with E-state index in [1.54, 1.807) is 13.3 Å². The number of aromatic nitrogens is 1. The van der Waals surface area contributed by atoms with Gasteiger partial charge >= 0.3 is 0 Å². The third-order valence-electron chi connectivity index (χ3n) is 2.18. The molecule has 0 saturated heterocycles. The van der Waals surface area contributed by atoms with Crippen LogP contribution in [0.25, 0.3) is 10.9 Å². The molecule has 0 aliphatic carbocycles. The first-order valence-electron chi connectivity index (χ1n) is 4.29. The Balaban J connectivity index is 3.08. The highest BCUT2D eigenvalue weighted by Crippen LogP contribution is 2.35. The minimum absolute atomic E-state index is 0.0341. The molecule has 0 fully saturated rings. The molecule has 0 saturated carbocycles. The van der Waals surface area contributed by atoms with Gasteiger partial charge in [-0.25, -0.2) is 0 Å². The predicted octanol–water partition coefficient (Wildman–Crippen LogP) is 3.67. The Kier molecular flexibility index (Phi) is 3.60. The van der Waals surface area contributed by atoms with Crippen LogP contribution in [0.4, 0.5) is 0 Å². The third kappa shape index (κ3) is 1.91. The van der Waals surface area contributed by atoms with Crippen molar-refractivity contribution >= 4 is 65.4 Å². The van der Waals surface area contributed by atoms with Crippen LogP contribution in [0.15, 0.2) is 26.0 Å². The zero-order chi connectivity index (χ0) is 11.9. The van der Waals surface area contributed by atoms with Crippen LogP contribution in [0, 0.1) is 3.57 Å². The molecule has 0 amide bonds. The molecule has 0 radical (unpaired) electrons. The van der Waals surface area contributed by atoms with E-state index in [2.05, 4.69) is 36.8 Å². The molecule has 1 heterocycles. The van der Waals surface area contributed by atoms with Crippen molar-refractivity contribution in [3.8, 4) is 5.75 Å². The highest BCUT2D eigenvalue weighted by molar-refractivity contribution is 14.1. The molecule has 0 bridgehead atoms. The first-order chi connectivity index (χ1) is 7.56. The SMILES string of the molecule is COc1c(Br)cc(Br)c2[nH]cc(I)c(=O)c12. The average molecular weight is 459 g/mol. The van der Waals surface area contributed by atoms with Crippen molar-refractivity contribution in [3.05, 3.63) is 35.0 Å². The lowest BCUT2D eigenvalue weighted by atomic mass is 10.2. The molecule has 1 aromatic heterocycles. The Hall–Kier alpha value is -0.0800. The molecule has 16 heavy (non-hydrogen) atoms. The molecule has 1 aromatic carbocycles. The van der Waals surface area contributed by atoms with Gasteiger partial charge in [0.2, 0.25) is 5.43 Å². The number of benzene rings is 1. The molecule has 1 N–H and O–H groups in total. The second-order valence-electron chi connectivity index (χ2n) is 3.09. The van der Waals surface area contributed by atoms with Crippen LogP contribution in [0.1, 0.15) is 0 Å². The van der Waals surface area contributed by atoms with Crippen LogP contribution < -0.4 is 10.2 Å². The van der Waals surface area contributed by atoms with Crippen molar-refractivity contribution in [3.63, 3.8) is 0 Å². The van der Waals surface area contributed by atoms with E-state index in [9.17, 15) is 4.79 Å². The van der Waals surface area contributed by atoms with Crippen LogP contribution in [-0.4, -0.2) is 12.1 Å². The fourth-order valence-corrected chi connectivity index (χ4v) is 3.34. The number of pyridine rings is 1. The summed E-state index contributed by atoms with van der Waals surface area (Å²) in [6.07, 6.45) is 1.68. The second-order valence-corrected chi connectivity index (χ2v) is 5.96. The summed E-state index contributed by atoms with van der Waals surface area (Å²) in [7, 11) is 1.55. The van der Waals surface area contributed by atoms with E-state index in [1.807, 2.05) is 28.7 Å². The molecule has 0 aliphatic rings. The van der Waals surface area contributed by atoms with Gasteiger partial charge in [-0.1, -0.05) is 0 Å². The van der Waals surface area contributed by atoms with Gasteiger partial charge in [-0.3, -0.25) is 4.79 Å². The van der Waals surface area contributed by atoms with Crippen molar-refractivity contribution in [1.29, 1.82) is 0 Å². The lowest BCUT2D eigenvalue weighted by molar-refractivity contribution is 0.417. The summed E-state index contributed by atoms with van der Waals surface area (Å²) in [5, 5.41) is 0.552. The Labute approximate surface area is 122 Å². The molecule has 0 spiro atoms. The fraction of sp³-hybridized carbons (Fsp3) is 0.100. The zero-order valence-corrected chi connectivity index (χ0v) is 13.4. The maximum atomic E-state index is 12.1. The Morgan fingerprint density at radius 3 is 2.69 bits per heavy atom. The molecule has 0 unspecified atom stereocenters. The summed E-state index contributed by atoms with van der Waals surface area (Å²) >= 11 is 8.79. The number of rotatable bonds is 1. The Bertz CT molecular complexity index is 624. The largest absolute Gasteiger partial charge is 0.495 e. The topological polar surface area (TPSA) is 42.1 Å². The van der Waals surface area contributed by atoms with Crippen LogP contribution >= 0.6 is 54.5 Å². The van der Waals surface area contributed by atoms with Crippen LogP contribution in [-0.2, 0) is 0 Å². The molecule has 0 aliphatic heterocycles. The van der Waals surface area contributed by atoms with Gasteiger partial charge in [0.05, 0.1) is 26.1 Å². The highest BCUT2D eigenvalue weighted by atomic mass is 127. The van der Waals surface area contributed by atoms with Gasteiger partial charge in [-0.2, -0.15) is 0 Å². The molecule has 3 nitrogen and oxygen atoms in total. The van der Waals surface area contributed by atoms with E-state index in [1.165, 1.54) is 0 Å². The summed E-state index contributed by atoms with van der Waals surface area (Å²) in [5.41, 5.74) is 0.707. The Morgan fingerprint density at radius 1 is 1.38 bits per heavy atom. The standard InChI is InChI=1S/C10H6Br2INO2/c1-16-10-5(12)2-4(11)8-7(10)9(15)6(13)3-14-8/h2-3H,1H3,(H,14,15). The van der Waals surface area contributed by atoms with E-state index in [0.717, 1.165) is 14.5 Å². The maximum absolute atomic E-state index is 12.1. The third-order valence-corrected chi connectivity index (χ3v) is 4.19. The summed E-state index contributed by atoms with van der Waals surface area (Å²) in [4.78, 5) is 15.1. The zero-order valence-electron chi connectivity index (χ0n) is 8.11. The number of hydrogen-bond acceptors (Lipinski definition) is 2. The van der Waals surface area contributed by atoms with Gasteiger partial charge in [0.1, 0.15) is 5.75 Å². The van der Waals surface area contributed by atoms with Gasteiger partial charge in [-0.15, -0.1) is 0 Å². The van der Waals surface area contributed by atoms with Crippen LogP contribution in [0.3, 0.4) is 0 Å². The van der Waals surface area contributed by atoms with E-state index in [-0.39, 0.29) is 5.43 Å². The van der Waals surface area contributed by atoms with Crippen molar-refractivity contribution in [1.82, 2.24) is 4.98 Å². The minimum Gasteiger partial charge on any atom is -0.495 e. The van der Waals surface area contributed by atoms with Gasteiger partial charge in [0.25, 0.3) is 0 Å². The lowest BCUT2D eigenvalue weighted by Crippen LogP contribution is -2.08. The number of hydrogen-bond donors (Lipinski definition) is 1. The number of H-pyrrole nitrogens is 1. The highest BCUT2D eigenvalue weighted by Gasteiger charge is 2.14. The van der Waals surface area contributed by atoms with E-state index in [4.69, 9.17) is 4.74 Å². The molecular formula is C10H6Br2INO2. The van der Waals surface area contributed by atoms with E-state index >= 15 is 0 Å². The molecule has 2 rings (SSSR count). The van der Waals surface area contributed by atoms with Crippen molar-refractivity contribution in [2.45, 2.75) is 0 Å². The summed E-state index contributed by atoms with van der Waals surface area (Å²) < 4.78 is 7.47. The summed E-state index contributed by atoms with van der Waals surface area (Å²) in [6, 6.07) is 1.85. The van der Waals surface area contributed by atoms with Gasteiger partial charge in [0.15, 0.2) is 0 Å². The monoisotopic (exact) mass is 457 g/mol. The normalized spacial score (nSPS) is 10.8. The minimum atomic E-state index is -0.0341. The average Bonchev–Trinajstić information content (AvgIpc) is 2.24. The number of ether oxygens (including phenoxy) is 1. The maximum Gasteiger partial charge on any atom is 0.206 e. The second kappa shape index (κ2) is 4.66. The van der Waals surface area contributed by atoms with Gasteiger partial charge < -0.3 is 9.72 Å². The van der Waals surface area contributed by atoms with Crippen molar-refractivity contribution in [2.75, 3.05) is 7.11 Å². The van der Waals surface area contributed by atoms with E-state index in [0.29, 0.717) is 14.7 Å². The summed E-state index contributed by atoms with van der Waals surface area (Å²) in [6.45, 7) is 0. The lowest BCUT2D eigenvalue weighted by Gasteiger charge is -2.09. The molecule has 0 atom stereocenters. The molecular weight excluding hydrogens is 453 g/mol. The molecule has 84 valence electrons. The first kappa shape index (κ1) is 12.4. The number of nitrogens with one attached hydrogen (secondary N) is 1. The Morgan fingerprint density at radius 2 is 2.06 bits per heavy atom. The smallest absolute Gasteiger partial charge is 0.206 e. The predicted molar refractivity (Wildman–Crippen MR) is 79.2 cm³/mol. The van der Waals surface area contributed by atoms with Crippen LogP contribution in [0.5, 0.6) is 5.75 Å². The van der Waals surface area contributed by atoms with Gasteiger partial charge in [-0.05, 0) is 60.5 Å². The molecule has 6 heteroatoms. The summed E-state index contributed by atoms with van der Waals surface area (Å²) in [5.74, 6) is 0.554. The van der Waals surface area contributed by atoms with Crippen molar-refractivity contribution < 1.29 is 4.74 Å². The quantitative estimate of drug-likeness (QED) is 0.663. The van der Waals surface area contributed by atoms with Gasteiger partial charge in [0, 0.05) is 10.7 Å². The van der Waals surface area contributed by atoms with Crippen molar-refractivity contribution in [2.24, 2.45) is 0 Å². The first-order valence-corrected chi connectivity index (χ1v) is 6.95. The number of halogens is 3. The van der Waals surface area contributed by atoms with Crippen LogP contribution in [0.2, 0.25) is 0 Å². The number of methoxy groups -OCH3 is 1. The molecule has 2 aromatic rings. The number of fused-ring (bicyclic) bond motifs is 1. The number of aromatic amines is 1.